The minimum absolute atomic E-state index is 0.0137. The Morgan fingerprint density at radius 2 is 1.82 bits per heavy atom. The third kappa shape index (κ3) is 3.12. The molecule has 0 amide bonds. The fourth-order valence-electron chi connectivity index (χ4n) is 3.14. The third-order valence-corrected chi connectivity index (χ3v) is 4.84. The number of nitro groups is 1. The summed E-state index contributed by atoms with van der Waals surface area (Å²) in [6, 6.07) is 15.9. The van der Waals surface area contributed by atoms with Gasteiger partial charge in [-0.2, -0.15) is 0 Å². The number of rotatable bonds is 4. The molecule has 0 atom stereocenters. The van der Waals surface area contributed by atoms with Gasteiger partial charge in [0.1, 0.15) is 5.15 Å². The van der Waals surface area contributed by atoms with Crippen molar-refractivity contribution in [3.8, 4) is 22.5 Å². The number of non-ortho nitro benzene ring substituents is 1. The Balaban J connectivity index is 2.10. The van der Waals surface area contributed by atoms with Crippen LogP contribution in [0, 0.1) is 10.1 Å². The molecule has 2 aromatic carbocycles. The molecule has 0 aliphatic rings. The van der Waals surface area contributed by atoms with E-state index < -0.39 is 4.92 Å². The summed E-state index contributed by atoms with van der Waals surface area (Å²) in [4.78, 5) is 15.3. The highest BCUT2D eigenvalue weighted by Crippen LogP contribution is 2.42. The van der Waals surface area contributed by atoms with E-state index >= 15 is 0 Å². The van der Waals surface area contributed by atoms with Crippen LogP contribution >= 0.6 is 11.6 Å². The molecule has 0 aliphatic heterocycles. The quantitative estimate of drug-likeness (QED) is 0.233. The fourth-order valence-corrected chi connectivity index (χ4v) is 3.42. The van der Waals surface area contributed by atoms with Crippen LogP contribution in [-0.2, 0) is 0 Å². The standard InChI is InChI=1S/C21H16ClN3O3/c1-12(2)17-11-18(28-24-17)20-19(13-6-4-3-5-7-13)15-10-14(25(26)27)8-9-16(15)23-21(20)22/h3-12H,1-2H3. The van der Waals surface area contributed by atoms with Gasteiger partial charge in [0.2, 0.25) is 0 Å². The molecule has 2 aromatic heterocycles. The number of aromatic nitrogens is 2. The third-order valence-electron chi connectivity index (χ3n) is 4.56. The van der Waals surface area contributed by atoms with Gasteiger partial charge in [0.15, 0.2) is 5.76 Å². The van der Waals surface area contributed by atoms with Gasteiger partial charge in [-0.05, 0) is 17.5 Å². The van der Waals surface area contributed by atoms with Crippen LogP contribution in [0.2, 0.25) is 5.15 Å². The van der Waals surface area contributed by atoms with Crippen LogP contribution in [0.15, 0.2) is 59.1 Å². The summed E-state index contributed by atoms with van der Waals surface area (Å²) in [6.07, 6.45) is 0. The summed E-state index contributed by atoms with van der Waals surface area (Å²) < 4.78 is 5.57. The van der Waals surface area contributed by atoms with Gasteiger partial charge in [-0.25, -0.2) is 4.98 Å². The Labute approximate surface area is 165 Å². The number of benzene rings is 2. The number of pyridine rings is 1. The van der Waals surface area contributed by atoms with E-state index in [0.29, 0.717) is 22.2 Å². The molecule has 28 heavy (non-hydrogen) atoms. The lowest BCUT2D eigenvalue weighted by atomic mass is 9.94. The first-order chi connectivity index (χ1) is 13.5. The first kappa shape index (κ1) is 18.1. The van der Waals surface area contributed by atoms with Crippen molar-refractivity contribution in [3.63, 3.8) is 0 Å². The van der Waals surface area contributed by atoms with Gasteiger partial charge in [-0.3, -0.25) is 10.1 Å². The predicted octanol–water partition coefficient (Wildman–Crippen LogP) is 6.24. The molecule has 2 heterocycles. The van der Waals surface area contributed by atoms with E-state index in [-0.39, 0.29) is 16.8 Å². The minimum Gasteiger partial charge on any atom is -0.356 e. The van der Waals surface area contributed by atoms with Crippen LogP contribution in [0.25, 0.3) is 33.4 Å². The molecular weight excluding hydrogens is 378 g/mol. The van der Waals surface area contributed by atoms with Gasteiger partial charge >= 0.3 is 0 Å². The molecule has 7 heteroatoms. The molecule has 0 saturated heterocycles. The zero-order valence-electron chi connectivity index (χ0n) is 15.2. The fraction of sp³-hybridized carbons (Fsp3) is 0.143. The minimum atomic E-state index is -0.423. The highest BCUT2D eigenvalue weighted by atomic mass is 35.5. The van der Waals surface area contributed by atoms with Crippen molar-refractivity contribution in [2.75, 3.05) is 0 Å². The first-order valence-corrected chi connectivity index (χ1v) is 9.13. The van der Waals surface area contributed by atoms with Crippen LogP contribution in [0.1, 0.15) is 25.5 Å². The SMILES string of the molecule is CC(C)c1cc(-c2c(Cl)nc3ccc([N+](=O)[O-])cc3c2-c2ccccc2)on1. The molecule has 4 aromatic rings. The average Bonchev–Trinajstić information content (AvgIpc) is 3.17. The van der Waals surface area contributed by atoms with Crippen molar-refractivity contribution in [1.29, 1.82) is 0 Å². The summed E-state index contributed by atoms with van der Waals surface area (Å²) in [5.74, 6) is 0.666. The van der Waals surface area contributed by atoms with Crippen molar-refractivity contribution >= 4 is 28.2 Å². The number of nitrogens with zero attached hydrogens (tertiary/aromatic N) is 3. The van der Waals surface area contributed by atoms with Crippen molar-refractivity contribution in [3.05, 3.63) is 75.6 Å². The molecule has 0 radical (unpaired) electrons. The summed E-state index contributed by atoms with van der Waals surface area (Å²) >= 11 is 6.55. The van der Waals surface area contributed by atoms with Gasteiger partial charge in [0.25, 0.3) is 5.69 Å². The van der Waals surface area contributed by atoms with Gasteiger partial charge in [0, 0.05) is 29.1 Å². The Bertz CT molecular complexity index is 1190. The maximum atomic E-state index is 11.3. The summed E-state index contributed by atoms with van der Waals surface area (Å²) in [5, 5.41) is 16.3. The van der Waals surface area contributed by atoms with E-state index in [1.165, 1.54) is 12.1 Å². The highest BCUT2D eigenvalue weighted by Gasteiger charge is 2.22. The molecule has 4 rings (SSSR count). The van der Waals surface area contributed by atoms with E-state index in [0.717, 1.165) is 16.8 Å². The zero-order chi connectivity index (χ0) is 19.8. The van der Waals surface area contributed by atoms with Gasteiger partial charge in [-0.1, -0.05) is 60.9 Å². The van der Waals surface area contributed by atoms with E-state index in [2.05, 4.69) is 10.1 Å². The number of hydrogen-bond acceptors (Lipinski definition) is 5. The molecule has 0 saturated carbocycles. The summed E-state index contributed by atoms with van der Waals surface area (Å²) in [7, 11) is 0. The number of halogens is 1. The lowest BCUT2D eigenvalue weighted by Gasteiger charge is -2.13. The summed E-state index contributed by atoms with van der Waals surface area (Å²) in [6.45, 7) is 4.03. The second kappa shape index (κ2) is 7.05. The lowest BCUT2D eigenvalue weighted by Crippen LogP contribution is -1.94. The molecule has 0 bridgehead atoms. The second-order valence-electron chi connectivity index (χ2n) is 6.75. The van der Waals surface area contributed by atoms with E-state index in [9.17, 15) is 10.1 Å². The normalized spacial score (nSPS) is 11.3. The van der Waals surface area contributed by atoms with Crippen molar-refractivity contribution < 1.29 is 9.45 Å². The van der Waals surface area contributed by atoms with E-state index in [1.807, 2.05) is 50.2 Å². The molecule has 0 unspecified atom stereocenters. The van der Waals surface area contributed by atoms with Crippen LogP contribution < -0.4 is 0 Å². The zero-order valence-corrected chi connectivity index (χ0v) is 16.0. The second-order valence-corrected chi connectivity index (χ2v) is 7.11. The van der Waals surface area contributed by atoms with Crippen molar-refractivity contribution in [2.24, 2.45) is 0 Å². The van der Waals surface area contributed by atoms with Crippen molar-refractivity contribution in [1.82, 2.24) is 10.1 Å². The molecular formula is C21H16ClN3O3. The Morgan fingerprint density at radius 1 is 1.07 bits per heavy atom. The number of nitro benzene ring substituents is 1. The molecule has 0 N–H and O–H groups in total. The van der Waals surface area contributed by atoms with E-state index in [1.54, 1.807) is 6.07 Å². The largest absolute Gasteiger partial charge is 0.356 e. The average molecular weight is 394 g/mol. The van der Waals surface area contributed by atoms with Crippen LogP contribution in [-0.4, -0.2) is 15.1 Å². The molecule has 0 fully saturated rings. The smallest absolute Gasteiger partial charge is 0.270 e. The first-order valence-electron chi connectivity index (χ1n) is 8.75. The van der Waals surface area contributed by atoms with Crippen LogP contribution in [0.4, 0.5) is 5.69 Å². The Morgan fingerprint density at radius 3 is 2.46 bits per heavy atom. The van der Waals surface area contributed by atoms with E-state index in [4.69, 9.17) is 16.1 Å². The number of hydrogen-bond donors (Lipinski definition) is 0. The summed E-state index contributed by atoms with van der Waals surface area (Å²) in [5.41, 5.74) is 3.51. The highest BCUT2D eigenvalue weighted by molar-refractivity contribution is 6.34. The topological polar surface area (TPSA) is 82.1 Å². The maximum Gasteiger partial charge on any atom is 0.270 e. The van der Waals surface area contributed by atoms with Crippen LogP contribution in [0.3, 0.4) is 0 Å². The van der Waals surface area contributed by atoms with Crippen molar-refractivity contribution in [2.45, 2.75) is 19.8 Å². The number of fused-ring (bicyclic) bond motifs is 1. The van der Waals surface area contributed by atoms with Gasteiger partial charge < -0.3 is 4.52 Å². The lowest BCUT2D eigenvalue weighted by molar-refractivity contribution is -0.384. The Kier molecular flexibility index (Phi) is 4.57. The molecule has 0 spiro atoms. The Hall–Kier alpha value is -3.25. The van der Waals surface area contributed by atoms with Gasteiger partial charge in [0.05, 0.1) is 21.7 Å². The monoisotopic (exact) mass is 393 g/mol. The van der Waals surface area contributed by atoms with Crippen LogP contribution in [0.5, 0.6) is 0 Å². The molecule has 0 aliphatic carbocycles. The maximum absolute atomic E-state index is 11.3. The molecule has 6 nitrogen and oxygen atoms in total. The predicted molar refractivity (Wildman–Crippen MR) is 108 cm³/mol. The van der Waals surface area contributed by atoms with Gasteiger partial charge in [-0.15, -0.1) is 0 Å². The molecule has 140 valence electrons.